The number of rotatable bonds is 4. The molecule has 0 radical (unpaired) electrons. The fraction of sp³-hybridized carbons (Fsp3) is 0.600. The fourth-order valence-electron chi connectivity index (χ4n) is 2.76. The van der Waals surface area contributed by atoms with E-state index in [2.05, 4.69) is 25.2 Å². The molecule has 0 saturated heterocycles. The van der Waals surface area contributed by atoms with E-state index in [4.69, 9.17) is 9.47 Å². The molecule has 1 saturated carbocycles. The zero-order valence-electron chi connectivity index (χ0n) is 11.1. The van der Waals surface area contributed by atoms with Crippen molar-refractivity contribution in [3.05, 3.63) is 23.8 Å². The molecule has 1 aliphatic carbocycles. The van der Waals surface area contributed by atoms with E-state index in [0.29, 0.717) is 12.8 Å². The van der Waals surface area contributed by atoms with Crippen molar-refractivity contribution in [1.82, 2.24) is 5.32 Å². The summed E-state index contributed by atoms with van der Waals surface area (Å²) in [7, 11) is 0. The molecule has 18 heavy (non-hydrogen) atoms. The van der Waals surface area contributed by atoms with Crippen LogP contribution in [0.3, 0.4) is 0 Å². The highest BCUT2D eigenvalue weighted by Gasteiger charge is 2.30. The van der Waals surface area contributed by atoms with Crippen LogP contribution in [0.4, 0.5) is 0 Å². The van der Waals surface area contributed by atoms with Gasteiger partial charge in [0, 0.05) is 18.2 Å². The van der Waals surface area contributed by atoms with Crippen LogP contribution in [-0.2, 0) is 6.54 Å². The van der Waals surface area contributed by atoms with Gasteiger partial charge in [0.2, 0.25) is 6.79 Å². The molecule has 0 spiro atoms. The Bertz CT molecular complexity index is 425. The minimum atomic E-state index is 0.352. The molecule has 98 valence electrons. The second kappa shape index (κ2) is 4.81. The molecule has 1 aromatic carbocycles. The highest BCUT2D eigenvalue weighted by Crippen LogP contribution is 2.37. The average Bonchev–Trinajstić information content (AvgIpc) is 2.75. The highest BCUT2D eigenvalue weighted by atomic mass is 16.7. The van der Waals surface area contributed by atoms with Crippen LogP contribution in [0.2, 0.25) is 0 Å². The van der Waals surface area contributed by atoms with E-state index in [1.807, 2.05) is 12.1 Å². The molecule has 3 heteroatoms. The zero-order valence-corrected chi connectivity index (χ0v) is 11.1. The van der Waals surface area contributed by atoms with E-state index in [-0.39, 0.29) is 0 Å². The minimum absolute atomic E-state index is 0.352. The second-order valence-electron chi connectivity index (χ2n) is 5.70. The van der Waals surface area contributed by atoms with Crippen molar-refractivity contribution in [3.8, 4) is 11.5 Å². The third kappa shape index (κ3) is 2.19. The van der Waals surface area contributed by atoms with Gasteiger partial charge in [-0.25, -0.2) is 0 Å². The van der Waals surface area contributed by atoms with Gasteiger partial charge >= 0.3 is 0 Å². The first-order valence-corrected chi connectivity index (χ1v) is 6.85. The smallest absolute Gasteiger partial charge is 0.231 e. The number of hydrogen-bond acceptors (Lipinski definition) is 3. The Hall–Kier alpha value is -1.22. The van der Waals surface area contributed by atoms with Crippen LogP contribution in [-0.4, -0.2) is 12.8 Å². The number of hydrogen-bond donors (Lipinski definition) is 1. The summed E-state index contributed by atoms with van der Waals surface area (Å²) in [4.78, 5) is 0. The molecule has 1 N–H and O–H groups in total. The van der Waals surface area contributed by atoms with E-state index >= 15 is 0 Å². The quantitative estimate of drug-likeness (QED) is 0.887. The summed E-state index contributed by atoms with van der Waals surface area (Å²) in [5.74, 6) is 3.53. The lowest BCUT2D eigenvalue weighted by molar-refractivity contribution is 0.164. The van der Waals surface area contributed by atoms with Crippen molar-refractivity contribution in [1.29, 1.82) is 0 Å². The average molecular weight is 247 g/mol. The lowest BCUT2D eigenvalue weighted by atomic mass is 9.73. The van der Waals surface area contributed by atoms with Crippen molar-refractivity contribution in [2.75, 3.05) is 6.79 Å². The Morgan fingerprint density at radius 1 is 1.28 bits per heavy atom. The van der Waals surface area contributed by atoms with Gasteiger partial charge in [-0.15, -0.1) is 0 Å². The summed E-state index contributed by atoms with van der Waals surface area (Å²) in [6, 6.07) is 6.78. The molecule has 0 aromatic heterocycles. The standard InChI is InChI=1S/C15H21NO2/c1-10(2)12-6-13(7-12)16-8-11-4-3-5-14-15(11)18-9-17-14/h3-5,10,12-13,16H,6-9H2,1-2H3. The Morgan fingerprint density at radius 3 is 2.89 bits per heavy atom. The largest absolute Gasteiger partial charge is 0.454 e. The Balaban J connectivity index is 1.54. The van der Waals surface area contributed by atoms with Crippen LogP contribution in [0.15, 0.2) is 18.2 Å². The number of benzene rings is 1. The maximum Gasteiger partial charge on any atom is 0.231 e. The van der Waals surface area contributed by atoms with E-state index < -0.39 is 0 Å². The molecule has 1 aromatic rings. The van der Waals surface area contributed by atoms with Crippen LogP contribution >= 0.6 is 0 Å². The molecule has 0 bridgehead atoms. The van der Waals surface area contributed by atoms with Crippen LogP contribution in [0, 0.1) is 11.8 Å². The third-order valence-corrected chi connectivity index (χ3v) is 4.18. The molecule has 1 aliphatic heterocycles. The predicted octanol–water partition coefficient (Wildman–Crippen LogP) is 2.94. The molecular weight excluding hydrogens is 226 g/mol. The number of ether oxygens (including phenoxy) is 2. The second-order valence-corrected chi connectivity index (χ2v) is 5.70. The molecule has 1 fully saturated rings. The van der Waals surface area contributed by atoms with Crippen LogP contribution in [0.1, 0.15) is 32.3 Å². The molecule has 0 amide bonds. The molecule has 0 atom stereocenters. The molecule has 3 rings (SSSR count). The molecule has 0 unspecified atom stereocenters. The van der Waals surface area contributed by atoms with Crippen molar-refractivity contribution in [2.45, 2.75) is 39.3 Å². The summed E-state index contributed by atoms with van der Waals surface area (Å²) in [5.41, 5.74) is 1.21. The first kappa shape index (κ1) is 11.8. The minimum Gasteiger partial charge on any atom is -0.454 e. The lowest BCUT2D eigenvalue weighted by Crippen LogP contribution is -2.42. The summed E-state index contributed by atoms with van der Waals surface area (Å²) in [5, 5.41) is 3.61. The summed E-state index contributed by atoms with van der Waals surface area (Å²) in [6.07, 6.45) is 2.62. The van der Waals surface area contributed by atoms with E-state index in [1.165, 1.54) is 18.4 Å². The first-order chi connectivity index (χ1) is 8.74. The Labute approximate surface area is 108 Å². The summed E-state index contributed by atoms with van der Waals surface area (Å²) in [6.45, 7) is 5.86. The van der Waals surface area contributed by atoms with Gasteiger partial charge in [0.1, 0.15) is 0 Å². The van der Waals surface area contributed by atoms with Crippen molar-refractivity contribution in [3.63, 3.8) is 0 Å². The lowest BCUT2D eigenvalue weighted by Gasteiger charge is -2.38. The molecule has 1 heterocycles. The van der Waals surface area contributed by atoms with Gasteiger partial charge < -0.3 is 14.8 Å². The number of para-hydroxylation sites is 1. The van der Waals surface area contributed by atoms with Gasteiger partial charge in [0.05, 0.1) is 0 Å². The van der Waals surface area contributed by atoms with Crippen LogP contribution < -0.4 is 14.8 Å². The normalized spacial score (nSPS) is 25.3. The number of nitrogens with one attached hydrogen (secondary N) is 1. The summed E-state index contributed by atoms with van der Waals surface area (Å²) >= 11 is 0. The van der Waals surface area contributed by atoms with Gasteiger partial charge in [-0.1, -0.05) is 26.0 Å². The highest BCUT2D eigenvalue weighted by molar-refractivity contribution is 5.48. The third-order valence-electron chi connectivity index (χ3n) is 4.18. The summed E-state index contributed by atoms with van der Waals surface area (Å²) < 4.78 is 10.9. The Kier molecular flexibility index (Phi) is 3.16. The monoisotopic (exact) mass is 247 g/mol. The van der Waals surface area contributed by atoms with Crippen molar-refractivity contribution in [2.24, 2.45) is 11.8 Å². The molecule has 3 nitrogen and oxygen atoms in total. The van der Waals surface area contributed by atoms with Gasteiger partial charge in [-0.2, -0.15) is 0 Å². The van der Waals surface area contributed by atoms with E-state index in [1.54, 1.807) is 0 Å². The SMILES string of the molecule is CC(C)C1CC(NCc2cccc3c2OCO3)C1. The van der Waals surface area contributed by atoms with Gasteiger partial charge in [0.25, 0.3) is 0 Å². The van der Waals surface area contributed by atoms with Crippen molar-refractivity contribution < 1.29 is 9.47 Å². The maximum absolute atomic E-state index is 5.51. The van der Waals surface area contributed by atoms with E-state index in [9.17, 15) is 0 Å². The fourth-order valence-corrected chi connectivity index (χ4v) is 2.76. The first-order valence-electron chi connectivity index (χ1n) is 6.85. The molecular formula is C15H21NO2. The van der Waals surface area contributed by atoms with Gasteiger partial charge in [-0.05, 0) is 30.7 Å². The van der Waals surface area contributed by atoms with Gasteiger partial charge in [0.15, 0.2) is 11.5 Å². The topological polar surface area (TPSA) is 30.5 Å². The number of fused-ring (bicyclic) bond motifs is 1. The van der Waals surface area contributed by atoms with Gasteiger partial charge in [-0.3, -0.25) is 0 Å². The van der Waals surface area contributed by atoms with Crippen LogP contribution in [0.25, 0.3) is 0 Å². The van der Waals surface area contributed by atoms with Crippen LogP contribution in [0.5, 0.6) is 11.5 Å². The maximum atomic E-state index is 5.51. The molecule has 2 aliphatic rings. The van der Waals surface area contributed by atoms with E-state index in [0.717, 1.165) is 29.9 Å². The zero-order chi connectivity index (χ0) is 12.5. The predicted molar refractivity (Wildman–Crippen MR) is 70.8 cm³/mol. The Morgan fingerprint density at radius 2 is 2.11 bits per heavy atom. The van der Waals surface area contributed by atoms with Crippen molar-refractivity contribution >= 4 is 0 Å².